The molecule has 1 aromatic carbocycles. The molecular formula is C14H16N2O3. The van der Waals surface area contributed by atoms with E-state index in [0.29, 0.717) is 25.1 Å². The number of phenolic OH excluding ortho intramolecular Hbond substituents is 1. The first kappa shape index (κ1) is 14.7. The normalized spacial score (nSPS) is 10.8. The van der Waals surface area contributed by atoms with Crippen molar-refractivity contribution in [2.75, 3.05) is 20.3 Å². The van der Waals surface area contributed by atoms with Gasteiger partial charge in [-0.15, -0.1) is 0 Å². The predicted octanol–water partition coefficient (Wildman–Crippen LogP) is 1.45. The highest BCUT2D eigenvalue weighted by Gasteiger charge is 2.08. The minimum absolute atomic E-state index is 0.00279. The van der Waals surface area contributed by atoms with Crippen molar-refractivity contribution in [2.24, 2.45) is 0 Å². The van der Waals surface area contributed by atoms with Gasteiger partial charge in [0.25, 0.3) is 5.91 Å². The van der Waals surface area contributed by atoms with Crippen LogP contribution in [0.1, 0.15) is 12.0 Å². The number of rotatable bonds is 6. The first-order valence-electron chi connectivity index (χ1n) is 5.85. The Kier molecular flexibility index (Phi) is 6.13. The number of nitrogens with one attached hydrogen (secondary N) is 1. The third-order valence-corrected chi connectivity index (χ3v) is 2.36. The molecule has 0 saturated carbocycles. The molecule has 1 aromatic rings. The van der Waals surface area contributed by atoms with E-state index in [2.05, 4.69) is 5.32 Å². The van der Waals surface area contributed by atoms with Gasteiger partial charge in [0.1, 0.15) is 17.4 Å². The fourth-order valence-electron chi connectivity index (χ4n) is 1.44. The molecule has 0 atom stereocenters. The number of phenols is 1. The second-order valence-corrected chi connectivity index (χ2v) is 3.87. The molecule has 1 rings (SSSR count). The SMILES string of the molecule is COCCCNC(=O)/C(C#N)=C/c1cccc(O)c1. The zero-order valence-corrected chi connectivity index (χ0v) is 10.7. The van der Waals surface area contributed by atoms with Crippen molar-refractivity contribution in [3.05, 3.63) is 35.4 Å². The van der Waals surface area contributed by atoms with Crippen LogP contribution < -0.4 is 5.32 Å². The van der Waals surface area contributed by atoms with Crippen LogP contribution in [0.25, 0.3) is 6.08 Å². The van der Waals surface area contributed by atoms with Gasteiger partial charge < -0.3 is 15.2 Å². The fraction of sp³-hybridized carbons (Fsp3) is 0.286. The molecule has 5 nitrogen and oxygen atoms in total. The molecule has 100 valence electrons. The Hall–Kier alpha value is -2.32. The lowest BCUT2D eigenvalue weighted by molar-refractivity contribution is -0.117. The topological polar surface area (TPSA) is 82.3 Å². The van der Waals surface area contributed by atoms with Crippen LogP contribution >= 0.6 is 0 Å². The van der Waals surface area contributed by atoms with Gasteiger partial charge in [-0.2, -0.15) is 5.26 Å². The Morgan fingerprint density at radius 2 is 2.37 bits per heavy atom. The van der Waals surface area contributed by atoms with Gasteiger partial charge in [0.15, 0.2) is 0 Å². The number of nitriles is 1. The number of carbonyl (C=O) groups excluding carboxylic acids is 1. The first-order chi connectivity index (χ1) is 9.17. The largest absolute Gasteiger partial charge is 0.508 e. The summed E-state index contributed by atoms with van der Waals surface area (Å²) in [5, 5.41) is 20.9. The summed E-state index contributed by atoms with van der Waals surface area (Å²) in [7, 11) is 1.59. The number of methoxy groups -OCH3 is 1. The van der Waals surface area contributed by atoms with Gasteiger partial charge in [-0.05, 0) is 30.2 Å². The molecule has 0 heterocycles. The van der Waals surface area contributed by atoms with Crippen molar-refractivity contribution in [2.45, 2.75) is 6.42 Å². The highest BCUT2D eigenvalue weighted by molar-refractivity contribution is 6.01. The maximum Gasteiger partial charge on any atom is 0.261 e. The van der Waals surface area contributed by atoms with Crippen LogP contribution in [0, 0.1) is 11.3 Å². The Morgan fingerprint density at radius 3 is 3.00 bits per heavy atom. The molecule has 19 heavy (non-hydrogen) atoms. The molecule has 0 aromatic heterocycles. The summed E-state index contributed by atoms with van der Waals surface area (Å²) in [6.07, 6.45) is 2.12. The van der Waals surface area contributed by atoms with E-state index in [1.807, 2.05) is 6.07 Å². The number of carbonyl (C=O) groups is 1. The number of benzene rings is 1. The molecule has 0 bridgehead atoms. The quantitative estimate of drug-likeness (QED) is 0.461. The highest BCUT2D eigenvalue weighted by Crippen LogP contribution is 2.13. The molecule has 0 saturated heterocycles. The van der Waals surface area contributed by atoms with Crippen LogP contribution in [0.3, 0.4) is 0 Å². The van der Waals surface area contributed by atoms with Gasteiger partial charge in [0, 0.05) is 20.3 Å². The van der Waals surface area contributed by atoms with E-state index in [1.165, 1.54) is 18.2 Å². The van der Waals surface area contributed by atoms with Gasteiger partial charge in [-0.1, -0.05) is 12.1 Å². The fourth-order valence-corrected chi connectivity index (χ4v) is 1.44. The first-order valence-corrected chi connectivity index (χ1v) is 5.85. The Morgan fingerprint density at radius 1 is 1.58 bits per heavy atom. The lowest BCUT2D eigenvalue weighted by atomic mass is 10.1. The summed E-state index contributed by atoms with van der Waals surface area (Å²) in [4.78, 5) is 11.7. The van der Waals surface area contributed by atoms with E-state index in [1.54, 1.807) is 19.2 Å². The van der Waals surface area contributed by atoms with E-state index in [4.69, 9.17) is 10.00 Å². The maximum absolute atomic E-state index is 11.7. The van der Waals surface area contributed by atoms with E-state index in [-0.39, 0.29) is 11.3 Å². The monoisotopic (exact) mass is 260 g/mol. The van der Waals surface area contributed by atoms with Gasteiger partial charge in [-0.3, -0.25) is 4.79 Å². The summed E-state index contributed by atoms with van der Waals surface area (Å²) < 4.78 is 4.86. The molecule has 0 aliphatic carbocycles. The van der Waals surface area contributed by atoms with Crippen molar-refractivity contribution >= 4 is 12.0 Å². The Labute approximate surface area is 112 Å². The summed E-state index contributed by atoms with van der Waals surface area (Å²) in [6, 6.07) is 8.20. The van der Waals surface area contributed by atoms with Crippen molar-refractivity contribution < 1.29 is 14.6 Å². The second kappa shape index (κ2) is 7.90. The van der Waals surface area contributed by atoms with Gasteiger partial charge in [-0.25, -0.2) is 0 Å². The van der Waals surface area contributed by atoms with E-state index >= 15 is 0 Å². The van der Waals surface area contributed by atoms with Crippen LogP contribution in [0.2, 0.25) is 0 Å². The van der Waals surface area contributed by atoms with E-state index < -0.39 is 5.91 Å². The van der Waals surface area contributed by atoms with Crippen LogP contribution in [0.15, 0.2) is 29.8 Å². The standard InChI is InChI=1S/C14H16N2O3/c1-19-7-3-6-16-14(18)12(10-15)8-11-4-2-5-13(17)9-11/h2,4-5,8-9,17H,3,6-7H2,1H3,(H,16,18)/b12-8+. The van der Waals surface area contributed by atoms with E-state index in [0.717, 1.165) is 0 Å². The Balaban J connectivity index is 2.67. The van der Waals surface area contributed by atoms with Crippen LogP contribution in [-0.4, -0.2) is 31.3 Å². The molecule has 0 aliphatic rings. The highest BCUT2D eigenvalue weighted by atomic mass is 16.5. The van der Waals surface area contributed by atoms with Gasteiger partial charge >= 0.3 is 0 Å². The van der Waals surface area contributed by atoms with Gasteiger partial charge in [0.05, 0.1) is 0 Å². The Bertz CT molecular complexity index is 504. The molecule has 2 N–H and O–H groups in total. The molecule has 0 spiro atoms. The maximum atomic E-state index is 11.7. The van der Waals surface area contributed by atoms with Crippen molar-refractivity contribution in [3.63, 3.8) is 0 Å². The average molecular weight is 260 g/mol. The lowest BCUT2D eigenvalue weighted by Crippen LogP contribution is -2.26. The van der Waals surface area contributed by atoms with Gasteiger partial charge in [0.2, 0.25) is 0 Å². The minimum atomic E-state index is -0.429. The third-order valence-electron chi connectivity index (χ3n) is 2.36. The van der Waals surface area contributed by atoms with Crippen molar-refractivity contribution in [1.29, 1.82) is 5.26 Å². The van der Waals surface area contributed by atoms with Crippen molar-refractivity contribution in [3.8, 4) is 11.8 Å². The molecule has 0 unspecified atom stereocenters. The zero-order valence-electron chi connectivity index (χ0n) is 10.7. The van der Waals surface area contributed by atoms with Crippen LogP contribution in [0.4, 0.5) is 0 Å². The molecule has 0 fully saturated rings. The molecular weight excluding hydrogens is 244 g/mol. The predicted molar refractivity (Wildman–Crippen MR) is 71.2 cm³/mol. The minimum Gasteiger partial charge on any atom is -0.508 e. The van der Waals surface area contributed by atoms with Crippen molar-refractivity contribution in [1.82, 2.24) is 5.32 Å². The lowest BCUT2D eigenvalue weighted by Gasteiger charge is -2.03. The number of amides is 1. The zero-order chi connectivity index (χ0) is 14.1. The molecule has 0 aliphatic heterocycles. The summed E-state index contributed by atoms with van der Waals surface area (Å²) in [5.74, 6) is -0.339. The number of ether oxygens (including phenoxy) is 1. The molecule has 1 amide bonds. The van der Waals surface area contributed by atoms with E-state index in [9.17, 15) is 9.90 Å². The second-order valence-electron chi connectivity index (χ2n) is 3.87. The number of hydrogen-bond donors (Lipinski definition) is 2. The average Bonchev–Trinajstić information content (AvgIpc) is 2.41. The summed E-state index contributed by atoms with van der Waals surface area (Å²) in [6.45, 7) is 1.00. The smallest absolute Gasteiger partial charge is 0.261 e. The van der Waals surface area contributed by atoms with Crippen LogP contribution in [-0.2, 0) is 9.53 Å². The molecule has 5 heteroatoms. The number of nitrogens with zero attached hydrogens (tertiary/aromatic N) is 1. The summed E-state index contributed by atoms with van der Waals surface area (Å²) in [5.41, 5.74) is 0.603. The number of hydrogen-bond acceptors (Lipinski definition) is 4. The van der Waals surface area contributed by atoms with Crippen LogP contribution in [0.5, 0.6) is 5.75 Å². The third kappa shape index (κ3) is 5.23. The molecule has 0 radical (unpaired) electrons. The number of aromatic hydroxyl groups is 1. The summed E-state index contributed by atoms with van der Waals surface area (Å²) >= 11 is 0.